The summed E-state index contributed by atoms with van der Waals surface area (Å²) in [6.07, 6.45) is 3.05. The van der Waals surface area contributed by atoms with E-state index in [9.17, 15) is 24.3 Å². The van der Waals surface area contributed by atoms with Crippen molar-refractivity contribution < 1.29 is 24.3 Å². The van der Waals surface area contributed by atoms with Crippen LogP contribution < -0.4 is 47.9 Å². The lowest BCUT2D eigenvalue weighted by Gasteiger charge is -2.27. The standard InChI is InChI=1S/C37H59N9O5/c1-23-11-12-24-17-26(23)19-31(37(51)46-32(22-40-4)34(48)43-21-28(41-5)9-7-15-38-2)45-35(49)29(10-8-16-39-3)44-36(50)30(42-6)20-27-18-25(24)13-14-33(27)47/h11-14,17-18,28-32,38-42,47H,7-10,15-16,19-22H2,1-6H3,(H,43,48)(H,44,50)(H,45,49)(H,46,51)/t28-,29-,30-,31-,32-/m0/s1. The summed E-state index contributed by atoms with van der Waals surface area (Å²) >= 11 is 0. The Balaban J connectivity index is 1.98. The predicted molar refractivity (Wildman–Crippen MR) is 200 cm³/mol. The van der Waals surface area contributed by atoms with Crippen LogP contribution in [0.4, 0.5) is 0 Å². The van der Waals surface area contributed by atoms with Gasteiger partial charge in [-0.05, 0) is 121 Å². The van der Waals surface area contributed by atoms with Gasteiger partial charge in [0.25, 0.3) is 0 Å². The number of aromatic hydroxyl groups is 1. The number of carbonyl (C=O) groups is 4. The summed E-state index contributed by atoms with van der Waals surface area (Å²) in [5.41, 5.74) is 4.02. The minimum atomic E-state index is -1.06. The van der Waals surface area contributed by atoms with Crippen LogP contribution in [0.1, 0.15) is 42.4 Å². The van der Waals surface area contributed by atoms with E-state index in [1.165, 1.54) is 0 Å². The number of aryl methyl sites for hydroxylation is 1. The van der Waals surface area contributed by atoms with Crippen LogP contribution in [-0.2, 0) is 32.0 Å². The Kier molecular flexibility index (Phi) is 17.3. The van der Waals surface area contributed by atoms with E-state index in [2.05, 4.69) is 47.9 Å². The molecule has 3 rings (SSSR count). The van der Waals surface area contributed by atoms with E-state index in [1.807, 2.05) is 58.4 Å². The first-order valence-corrected chi connectivity index (χ1v) is 17.9. The number of phenols is 1. The van der Waals surface area contributed by atoms with Crippen molar-refractivity contribution in [2.75, 3.05) is 61.4 Å². The second-order valence-electron chi connectivity index (χ2n) is 13.2. The van der Waals surface area contributed by atoms with Gasteiger partial charge in [0.15, 0.2) is 0 Å². The molecule has 14 heteroatoms. The van der Waals surface area contributed by atoms with Gasteiger partial charge in [0.2, 0.25) is 23.6 Å². The third kappa shape index (κ3) is 12.6. The highest BCUT2D eigenvalue weighted by molar-refractivity contribution is 5.95. The van der Waals surface area contributed by atoms with Gasteiger partial charge in [0, 0.05) is 32.0 Å². The van der Waals surface area contributed by atoms with Crippen LogP contribution in [0.5, 0.6) is 5.75 Å². The monoisotopic (exact) mass is 709 g/mol. The number of rotatable bonds is 17. The molecular formula is C37H59N9O5. The highest BCUT2D eigenvalue weighted by Crippen LogP contribution is 2.29. The summed E-state index contributed by atoms with van der Waals surface area (Å²) in [6, 6.07) is 7.60. The maximum atomic E-state index is 14.1. The summed E-state index contributed by atoms with van der Waals surface area (Å²) in [5.74, 6) is -1.71. The molecular weight excluding hydrogens is 650 g/mol. The number of phenolic OH excluding ortho intramolecular Hbond substituents is 1. The molecule has 1 aliphatic rings. The second-order valence-corrected chi connectivity index (χ2v) is 13.2. The molecule has 0 aromatic heterocycles. The number of hydrogen-bond acceptors (Lipinski definition) is 10. The third-order valence-electron chi connectivity index (χ3n) is 9.41. The van der Waals surface area contributed by atoms with Crippen molar-refractivity contribution in [2.24, 2.45) is 0 Å². The summed E-state index contributed by atoms with van der Waals surface area (Å²) < 4.78 is 0. The van der Waals surface area contributed by atoms with Gasteiger partial charge >= 0.3 is 0 Å². The molecule has 0 spiro atoms. The van der Waals surface area contributed by atoms with Crippen LogP contribution in [0, 0.1) is 6.92 Å². The minimum Gasteiger partial charge on any atom is -0.508 e. The van der Waals surface area contributed by atoms with Crippen molar-refractivity contribution >= 4 is 23.6 Å². The average Bonchev–Trinajstić information content (AvgIpc) is 3.12. The molecule has 0 aliphatic carbocycles. The normalized spacial score (nSPS) is 19.1. The molecule has 1 heterocycles. The van der Waals surface area contributed by atoms with Gasteiger partial charge in [-0.25, -0.2) is 0 Å². The highest BCUT2D eigenvalue weighted by atomic mass is 16.3. The van der Waals surface area contributed by atoms with E-state index in [4.69, 9.17) is 0 Å². The van der Waals surface area contributed by atoms with Crippen LogP contribution in [-0.4, -0.2) is 120 Å². The predicted octanol–water partition coefficient (Wildman–Crippen LogP) is -0.569. The zero-order valence-corrected chi connectivity index (χ0v) is 31.0. The van der Waals surface area contributed by atoms with Gasteiger partial charge in [0.1, 0.15) is 23.9 Å². The fraction of sp³-hybridized carbons (Fsp3) is 0.568. The molecule has 282 valence electrons. The largest absolute Gasteiger partial charge is 0.508 e. The molecule has 0 saturated heterocycles. The minimum absolute atomic E-state index is 0.0637. The Labute approximate surface area is 302 Å². The van der Waals surface area contributed by atoms with Crippen molar-refractivity contribution in [2.45, 2.75) is 75.7 Å². The first-order chi connectivity index (χ1) is 24.5. The zero-order valence-electron chi connectivity index (χ0n) is 31.0. The number of fused-ring (bicyclic) bond motifs is 5. The Morgan fingerprint density at radius 3 is 2.20 bits per heavy atom. The van der Waals surface area contributed by atoms with E-state index in [1.54, 1.807) is 20.2 Å². The topological polar surface area (TPSA) is 197 Å². The van der Waals surface area contributed by atoms with Gasteiger partial charge in [-0.3, -0.25) is 19.2 Å². The molecule has 0 radical (unpaired) electrons. The number of benzene rings is 2. The lowest BCUT2D eigenvalue weighted by atomic mass is 9.93. The van der Waals surface area contributed by atoms with Crippen molar-refractivity contribution in [1.82, 2.24) is 47.9 Å². The SMILES string of the molecule is CNCCC[C@@H](CNC(=O)[C@H](CNC)NC(=O)[C@@H]1Cc2cc(ccc2C)-c2ccc(O)c(c2)C[C@H](NC)C(=O)N[C@@H](CCCNC)C(=O)N1)NC. The maximum absolute atomic E-state index is 14.1. The van der Waals surface area contributed by atoms with E-state index in [0.717, 1.165) is 41.6 Å². The molecule has 0 fully saturated rings. The molecule has 1 aliphatic heterocycles. The lowest BCUT2D eigenvalue weighted by Crippen LogP contribution is -2.60. The van der Waals surface area contributed by atoms with E-state index in [0.29, 0.717) is 31.5 Å². The summed E-state index contributed by atoms with van der Waals surface area (Å²) in [6.45, 7) is 4.00. The van der Waals surface area contributed by atoms with E-state index in [-0.39, 0.29) is 37.1 Å². The molecule has 5 atom stereocenters. The van der Waals surface area contributed by atoms with Crippen molar-refractivity contribution in [1.29, 1.82) is 0 Å². The van der Waals surface area contributed by atoms with Gasteiger partial charge in [-0.2, -0.15) is 0 Å². The smallest absolute Gasteiger partial charge is 0.243 e. The number of amides is 4. The Bertz CT molecular complexity index is 1460. The summed E-state index contributed by atoms with van der Waals surface area (Å²) in [4.78, 5) is 55.1. The lowest BCUT2D eigenvalue weighted by molar-refractivity contribution is -0.134. The van der Waals surface area contributed by atoms with Crippen LogP contribution in [0.15, 0.2) is 36.4 Å². The van der Waals surface area contributed by atoms with E-state index >= 15 is 0 Å². The number of nitrogens with one attached hydrogen (secondary N) is 9. The molecule has 2 aromatic carbocycles. The Hall–Kier alpha value is -4.08. The summed E-state index contributed by atoms with van der Waals surface area (Å²) in [7, 11) is 8.92. The Morgan fingerprint density at radius 2 is 1.53 bits per heavy atom. The highest BCUT2D eigenvalue weighted by Gasteiger charge is 2.32. The number of carbonyl (C=O) groups excluding carboxylic acids is 4. The quantitative estimate of drug-likeness (QED) is 0.0951. The average molecular weight is 710 g/mol. The second kappa shape index (κ2) is 21.3. The van der Waals surface area contributed by atoms with Crippen LogP contribution >= 0.6 is 0 Å². The molecule has 2 aromatic rings. The molecule has 14 nitrogen and oxygen atoms in total. The van der Waals surface area contributed by atoms with Crippen molar-refractivity contribution in [3.63, 3.8) is 0 Å². The Morgan fingerprint density at radius 1 is 0.843 bits per heavy atom. The van der Waals surface area contributed by atoms with Crippen LogP contribution in [0.2, 0.25) is 0 Å². The molecule has 10 N–H and O–H groups in total. The van der Waals surface area contributed by atoms with Gasteiger partial charge < -0.3 is 53.0 Å². The van der Waals surface area contributed by atoms with Crippen molar-refractivity contribution in [3.8, 4) is 16.9 Å². The van der Waals surface area contributed by atoms with Crippen molar-refractivity contribution in [3.05, 3.63) is 53.1 Å². The van der Waals surface area contributed by atoms with Gasteiger partial charge in [-0.15, -0.1) is 0 Å². The molecule has 4 amide bonds. The maximum Gasteiger partial charge on any atom is 0.243 e. The first kappa shape index (κ1) is 41.3. The van der Waals surface area contributed by atoms with Gasteiger partial charge in [0.05, 0.1) is 6.04 Å². The molecule has 4 bridgehead atoms. The number of hydrogen-bond donors (Lipinski definition) is 10. The fourth-order valence-electron chi connectivity index (χ4n) is 6.18. The zero-order chi connectivity index (χ0) is 37.3. The molecule has 51 heavy (non-hydrogen) atoms. The number of likely N-dealkylation sites (N-methyl/N-ethyl adjacent to an activating group) is 3. The molecule has 0 saturated carbocycles. The fourth-order valence-corrected chi connectivity index (χ4v) is 6.18. The van der Waals surface area contributed by atoms with E-state index < -0.39 is 41.9 Å². The molecule has 0 unspecified atom stereocenters. The van der Waals surface area contributed by atoms with Crippen LogP contribution in [0.25, 0.3) is 11.1 Å². The third-order valence-corrected chi connectivity index (χ3v) is 9.41. The summed E-state index contributed by atoms with van der Waals surface area (Å²) in [5, 5.41) is 37.8. The first-order valence-electron chi connectivity index (χ1n) is 17.9. The van der Waals surface area contributed by atoms with Crippen LogP contribution in [0.3, 0.4) is 0 Å². The van der Waals surface area contributed by atoms with Gasteiger partial charge in [-0.1, -0.05) is 24.3 Å².